The number of sulfonamides is 1. The first-order valence-electron chi connectivity index (χ1n) is 9.04. The number of nitrogens with zero attached hydrogens (tertiary/aromatic N) is 2. The summed E-state index contributed by atoms with van der Waals surface area (Å²) in [4.78, 5) is 12.5. The molecule has 1 aliphatic rings. The van der Waals surface area contributed by atoms with E-state index in [0.717, 1.165) is 19.5 Å². The smallest absolute Gasteiger partial charge is 0.269 e. The predicted molar refractivity (Wildman–Crippen MR) is 104 cm³/mol. The minimum Gasteiger partial charge on any atom is -0.372 e. The van der Waals surface area contributed by atoms with E-state index in [2.05, 4.69) is 33.9 Å². The summed E-state index contributed by atoms with van der Waals surface area (Å²) in [6.07, 6.45) is 3.95. The topological polar surface area (TPSA) is 92.5 Å². The molecule has 2 aromatic rings. The number of hydrogen-bond donors (Lipinski definition) is 1. The lowest BCUT2D eigenvalue weighted by Crippen LogP contribution is -2.25. The summed E-state index contributed by atoms with van der Waals surface area (Å²) in [5.41, 5.74) is 2.29. The Kier molecular flexibility index (Phi) is 6.08. The quantitative estimate of drug-likeness (QED) is 0.425. The van der Waals surface area contributed by atoms with Crippen LogP contribution in [0.15, 0.2) is 53.4 Å². The maximum atomic E-state index is 12.2. The third-order valence-electron chi connectivity index (χ3n) is 4.70. The zero-order valence-electron chi connectivity index (χ0n) is 15.0. The van der Waals surface area contributed by atoms with Crippen molar-refractivity contribution in [3.63, 3.8) is 0 Å². The van der Waals surface area contributed by atoms with E-state index >= 15 is 0 Å². The van der Waals surface area contributed by atoms with Gasteiger partial charge in [0.2, 0.25) is 10.0 Å². The lowest BCUT2D eigenvalue weighted by Gasteiger charge is -2.17. The van der Waals surface area contributed by atoms with E-state index in [1.54, 1.807) is 0 Å². The molecular formula is C19H23N3O4S. The van der Waals surface area contributed by atoms with Crippen LogP contribution >= 0.6 is 0 Å². The molecule has 0 radical (unpaired) electrons. The van der Waals surface area contributed by atoms with Gasteiger partial charge in [-0.2, -0.15) is 0 Å². The van der Waals surface area contributed by atoms with E-state index in [-0.39, 0.29) is 10.6 Å². The summed E-state index contributed by atoms with van der Waals surface area (Å²) in [5, 5.41) is 10.6. The third kappa shape index (κ3) is 5.05. The van der Waals surface area contributed by atoms with Gasteiger partial charge in [-0.15, -0.1) is 0 Å². The average Bonchev–Trinajstić information content (AvgIpc) is 3.20. The number of nitrogens with one attached hydrogen (secondary N) is 1. The van der Waals surface area contributed by atoms with Gasteiger partial charge in [0.25, 0.3) is 5.69 Å². The number of benzene rings is 2. The van der Waals surface area contributed by atoms with Crippen LogP contribution in [0.4, 0.5) is 11.4 Å². The normalized spacial score (nSPS) is 14.4. The Labute approximate surface area is 159 Å². The molecule has 0 unspecified atom stereocenters. The first kappa shape index (κ1) is 19.3. The van der Waals surface area contributed by atoms with Crippen LogP contribution in [0.5, 0.6) is 0 Å². The maximum absolute atomic E-state index is 12.2. The fourth-order valence-corrected chi connectivity index (χ4v) is 4.25. The predicted octanol–water partition coefficient (Wildman–Crippen LogP) is 3.11. The van der Waals surface area contributed by atoms with E-state index in [9.17, 15) is 18.5 Å². The number of anilines is 1. The summed E-state index contributed by atoms with van der Waals surface area (Å²) in [6.45, 7) is 2.54. The molecule has 1 N–H and O–H groups in total. The van der Waals surface area contributed by atoms with Gasteiger partial charge in [0.1, 0.15) is 0 Å². The molecule has 0 spiro atoms. The number of nitro benzene ring substituents is 1. The van der Waals surface area contributed by atoms with E-state index in [4.69, 9.17) is 0 Å². The van der Waals surface area contributed by atoms with Gasteiger partial charge < -0.3 is 4.90 Å². The second kappa shape index (κ2) is 8.49. The van der Waals surface area contributed by atoms with Crippen LogP contribution in [0.1, 0.15) is 24.8 Å². The summed E-state index contributed by atoms with van der Waals surface area (Å²) >= 11 is 0. The highest BCUT2D eigenvalue weighted by molar-refractivity contribution is 7.89. The highest BCUT2D eigenvalue weighted by Gasteiger charge is 2.15. The van der Waals surface area contributed by atoms with Crippen molar-refractivity contribution in [1.29, 1.82) is 0 Å². The highest BCUT2D eigenvalue weighted by atomic mass is 32.2. The lowest BCUT2D eigenvalue weighted by molar-refractivity contribution is -0.384. The second-order valence-corrected chi connectivity index (χ2v) is 8.38. The monoisotopic (exact) mass is 389 g/mol. The van der Waals surface area contributed by atoms with E-state index in [0.29, 0.717) is 13.0 Å². The SMILES string of the molecule is O=[N+]([O-])c1ccc(S(=O)(=O)NCCCc2ccc(N3CCCC3)cc2)cc1. The minimum atomic E-state index is -3.65. The minimum absolute atomic E-state index is 0.0306. The molecular weight excluding hydrogens is 366 g/mol. The number of aryl methyl sites for hydroxylation is 1. The number of nitro groups is 1. The zero-order chi connectivity index (χ0) is 19.3. The Hall–Kier alpha value is -2.45. The molecule has 8 heteroatoms. The van der Waals surface area contributed by atoms with E-state index in [1.807, 2.05) is 0 Å². The van der Waals surface area contributed by atoms with Crippen LogP contribution in [0.25, 0.3) is 0 Å². The Morgan fingerprint density at radius 1 is 1.00 bits per heavy atom. The van der Waals surface area contributed by atoms with Gasteiger partial charge in [-0.05, 0) is 55.5 Å². The molecule has 1 fully saturated rings. The molecule has 0 atom stereocenters. The van der Waals surface area contributed by atoms with Crippen molar-refractivity contribution in [2.24, 2.45) is 0 Å². The van der Waals surface area contributed by atoms with Crippen molar-refractivity contribution in [3.8, 4) is 0 Å². The molecule has 0 saturated carbocycles. The zero-order valence-corrected chi connectivity index (χ0v) is 15.8. The van der Waals surface area contributed by atoms with Crippen molar-refractivity contribution in [1.82, 2.24) is 4.72 Å². The van der Waals surface area contributed by atoms with Crippen LogP contribution in [-0.4, -0.2) is 33.0 Å². The van der Waals surface area contributed by atoms with E-state index < -0.39 is 14.9 Å². The molecule has 1 aliphatic heterocycles. The van der Waals surface area contributed by atoms with Gasteiger partial charge in [-0.25, -0.2) is 13.1 Å². The van der Waals surface area contributed by atoms with Crippen molar-refractivity contribution >= 4 is 21.4 Å². The Morgan fingerprint density at radius 2 is 1.63 bits per heavy atom. The Morgan fingerprint density at radius 3 is 2.22 bits per heavy atom. The molecule has 0 aliphatic carbocycles. The van der Waals surface area contributed by atoms with Crippen LogP contribution in [0, 0.1) is 10.1 Å². The van der Waals surface area contributed by atoms with Crippen LogP contribution in [0.3, 0.4) is 0 Å². The number of hydrogen-bond acceptors (Lipinski definition) is 5. The van der Waals surface area contributed by atoms with Crippen LogP contribution < -0.4 is 9.62 Å². The number of rotatable bonds is 8. The lowest BCUT2D eigenvalue weighted by atomic mass is 10.1. The van der Waals surface area contributed by atoms with E-state index in [1.165, 1.54) is 48.4 Å². The number of non-ortho nitro benzene ring substituents is 1. The molecule has 0 aromatic heterocycles. The first-order valence-corrected chi connectivity index (χ1v) is 10.5. The summed E-state index contributed by atoms with van der Waals surface area (Å²) in [6, 6.07) is 13.3. The Balaban J connectivity index is 1.48. The summed E-state index contributed by atoms with van der Waals surface area (Å²) in [5.74, 6) is 0. The molecule has 0 amide bonds. The van der Waals surface area contributed by atoms with Gasteiger partial charge in [0.15, 0.2) is 0 Å². The largest absolute Gasteiger partial charge is 0.372 e. The highest BCUT2D eigenvalue weighted by Crippen LogP contribution is 2.21. The third-order valence-corrected chi connectivity index (χ3v) is 6.18. The summed E-state index contributed by atoms with van der Waals surface area (Å²) < 4.78 is 27.0. The standard InChI is InChI=1S/C19H23N3O4S/c23-22(24)18-9-11-19(12-10-18)27(25,26)20-13-3-4-16-5-7-17(8-6-16)21-14-1-2-15-21/h5-12,20H,1-4,13-15H2. The van der Waals surface area contributed by atoms with Crippen molar-refractivity contribution in [3.05, 3.63) is 64.2 Å². The van der Waals surface area contributed by atoms with Gasteiger partial charge in [-0.3, -0.25) is 10.1 Å². The van der Waals surface area contributed by atoms with Gasteiger partial charge >= 0.3 is 0 Å². The van der Waals surface area contributed by atoms with Gasteiger partial charge in [-0.1, -0.05) is 12.1 Å². The summed E-state index contributed by atoms with van der Waals surface area (Å²) in [7, 11) is -3.65. The van der Waals surface area contributed by atoms with Crippen molar-refractivity contribution < 1.29 is 13.3 Å². The Bertz CT molecular complexity index is 874. The van der Waals surface area contributed by atoms with Crippen molar-refractivity contribution in [2.75, 3.05) is 24.5 Å². The van der Waals surface area contributed by atoms with Crippen molar-refractivity contribution in [2.45, 2.75) is 30.6 Å². The molecule has 0 bridgehead atoms. The fraction of sp³-hybridized carbons (Fsp3) is 0.368. The van der Waals surface area contributed by atoms with Gasteiger partial charge in [0, 0.05) is 37.5 Å². The second-order valence-electron chi connectivity index (χ2n) is 6.61. The molecule has 1 heterocycles. The molecule has 3 rings (SSSR count). The van der Waals surface area contributed by atoms with Crippen LogP contribution in [0.2, 0.25) is 0 Å². The first-order chi connectivity index (χ1) is 13.0. The van der Waals surface area contributed by atoms with Crippen LogP contribution in [-0.2, 0) is 16.4 Å². The maximum Gasteiger partial charge on any atom is 0.269 e. The van der Waals surface area contributed by atoms with Gasteiger partial charge in [0.05, 0.1) is 9.82 Å². The molecule has 1 saturated heterocycles. The molecule has 7 nitrogen and oxygen atoms in total. The molecule has 2 aromatic carbocycles. The fourth-order valence-electron chi connectivity index (χ4n) is 3.18. The molecule has 27 heavy (non-hydrogen) atoms. The average molecular weight is 389 g/mol. The molecule has 144 valence electrons.